The molecule has 172 valence electrons. The Bertz CT molecular complexity index is 1650. The summed E-state index contributed by atoms with van der Waals surface area (Å²) < 4.78 is 23.1. The lowest BCUT2D eigenvalue weighted by Gasteiger charge is -2.14. The molecule has 0 spiro atoms. The van der Waals surface area contributed by atoms with Gasteiger partial charge in [0.1, 0.15) is 29.3 Å². The predicted octanol–water partition coefficient (Wildman–Crippen LogP) is 5.22. The molecule has 0 unspecified atom stereocenters. The van der Waals surface area contributed by atoms with Gasteiger partial charge in [0.2, 0.25) is 0 Å². The Morgan fingerprint density at radius 1 is 1.09 bits per heavy atom. The highest BCUT2D eigenvalue weighted by Crippen LogP contribution is 2.33. The van der Waals surface area contributed by atoms with Crippen molar-refractivity contribution in [2.24, 2.45) is 0 Å². The van der Waals surface area contributed by atoms with Crippen molar-refractivity contribution in [3.05, 3.63) is 78.8 Å². The van der Waals surface area contributed by atoms with Crippen LogP contribution in [-0.4, -0.2) is 25.3 Å². The van der Waals surface area contributed by atoms with Crippen molar-refractivity contribution in [2.75, 3.05) is 10.6 Å². The number of amides is 1. The molecule has 5 aromatic rings. The van der Waals surface area contributed by atoms with E-state index in [0.29, 0.717) is 39.5 Å². The maximum absolute atomic E-state index is 15.3. The number of carbonyl (C=O) groups is 1. The van der Waals surface area contributed by atoms with Crippen LogP contribution in [0.1, 0.15) is 12.5 Å². The minimum Gasteiger partial charge on any atom is -0.457 e. The van der Waals surface area contributed by atoms with E-state index in [1.165, 1.54) is 6.33 Å². The average Bonchev–Trinajstić information content (AvgIpc) is 3.32. The third-order valence-corrected chi connectivity index (χ3v) is 5.32. The fourth-order valence-electron chi connectivity index (χ4n) is 3.59. The highest BCUT2D eigenvalue weighted by Gasteiger charge is 2.14. The molecule has 0 aliphatic carbocycles. The molecular weight excluding hydrogens is 447 g/mol. The first-order valence-electron chi connectivity index (χ1n) is 10.7. The van der Waals surface area contributed by atoms with Crippen LogP contribution in [0.2, 0.25) is 0 Å². The van der Waals surface area contributed by atoms with Gasteiger partial charge in [-0.3, -0.25) is 4.79 Å². The Balaban J connectivity index is 1.43. The average molecular weight is 466 g/mol. The molecule has 8 nitrogen and oxygen atoms in total. The van der Waals surface area contributed by atoms with E-state index >= 15 is 4.39 Å². The normalized spacial score (nSPS) is 10.6. The van der Waals surface area contributed by atoms with Gasteiger partial charge in [-0.1, -0.05) is 5.92 Å². The fraction of sp³-hybridized carbons (Fsp3) is 0.0769. The third kappa shape index (κ3) is 4.45. The molecule has 5 rings (SSSR count). The van der Waals surface area contributed by atoms with E-state index in [9.17, 15) is 4.79 Å². The number of ether oxygens (including phenoxy) is 1. The Morgan fingerprint density at radius 3 is 2.83 bits per heavy atom. The van der Waals surface area contributed by atoms with Gasteiger partial charge in [0.05, 0.1) is 11.2 Å². The van der Waals surface area contributed by atoms with Gasteiger partial charge >= 0.3 is 0 Å². The lowest BCUT2D eigenvalue weighted by molar-refractivity contribution is -0.111. The Kier molecular flexibility index (Phi) is 5.69. The molecule has 0 bridgehead atoms. The topological polar surface area (TPSA) is 93.4 Å². The van der Waals surface area contributed by atoms with Crippen molar-refractivity contribution in [3.8, 4) is 23.3 Å². The third-order valence-electron chi connectivity index (χ3n) is 5.32. The Hall–Kier alpha value is -4.97. The number of hydrogen-bond acceptors (Lipinski definition) is 6. The van der Waals surface area contributed by atoms with Gasteiger partial charge in [-0.15, -0.1) is 0 Å². The molecule has 9 heteroatoms. The van der Waals surface area contributed by atoms with E-state index in [2.05, 4.69) is 37.4 Å². The van der Waals surface area contributed by atoms with Crippen LogP contribution in [0.5, 0.6) is 11.5 Å². The predicted molar refractivity (Wildman–Crippen MR) is 131 cm³/mol. The summed E-state index contributed by atoms with van der Waals surface area (Å²) >= 11 is 0. The first kappa shape index (κ1) is 21.9. The minimum atomic E-state index is -0.473. The number of imidazole rings is 1. The van der Waals surface area contributed by atoms with Gasteiger partial charge in [-0.05, 0) is 56.2 Å². The quantitative estimate of drug-likeness (QED) is 0.345. The van der Waals surface area contributed by atoms with Crippen LogP contribution in [0.3, 0.4) is 0 Å². The van der Waals surface area contributed by atoms with Crippen LogP contribution in [0.25, 0.3) is 16.6 Å². The van der Waals surface area contributed by atoms with E-state index in [1.807, 2.05) is 16.8 Å². The molecule has 0 aliphatic rings. The maximum atomic E-state index is 15.3. The second-order valence-electron chi connectivity index (χ2n) is 7.62. The summed E-state index contributed by atoms with van der Waals surface area (Å²) in [6, 6.07) is 12.0. The first-order chi connectivity index (χ1) is 17.0. The van der Waals surface area contributed by atoms with Crippen molar-refractivity contribution in [3.63, 3.8) is 0 Å². The number of anilines is 3. The molecule has 0 saturated heterocycles. The number of pyridine rings is 1. The van der Waals surface area contributed by atoms with Crippen LogP contribution in [-0.2, 0) is 4.79 Å². The summed E-state index contributed by atoms with van der Waals surface area (Å²) in [5.41, 5.74) is 2.45. The number of benzene rings is 2. The number of carbonyl (C=O) groups excluding carboxylic acids is 1. The molecule has 2 N–H and O–H groups in total. The Labute approximate surface area is 199 Å². The summed E-state index contributed by atoms with van der Waals surface area (Å²) in [6.07, 6.45) is 6.74. The maximum Gasteiger partial charge on any atom is 0.300 e. The smallest absolute Gasteiger partial charge is 0.300 e. The number of rotatable bonds is 5. The monoisotopic (exact) mass is 466 g/mol. The summed E-state index contributed by atoms with van der Waals surface area (Å²) in [5, 5.41) is 6.34. The molecule has 0 aliphatic heterocycles. The number of nitrogens with zero attached hydrogens (tertiary/aromatic N) is 4. The van der Waals surface area contributed by atoms with E-state index in [0.717, 1.165) is 5.65 Å². The molecular formula is C26H19FN6O2. The van der Waals surface area contributed by atoms with Crippen molar-refractivity contribution >= 4 is 39.6 Å². The number of nitrogens with one attached hydrogen (secondary N) is 2. The molecule has 35 heavy (non-hydrogen) atoms. The summed E-state index contributed by atoms with van der Waals surface area (Å²) in [6.45, 7) is 3.23. The van der Waals surface area contributed by atoms with E-state index in [1.54, 1.807) is 62.5 Å². The zero-order valence-corrected chi connectivity index (χ0v) is 18.8. The van der Waals surface area contributed by atoms with Crippen molar-refractivity contribution in [2.45, 2.75) is 13.8 Å². The molecule has 0 fully saturated rings. The van der Waals surface area contributed by atoms with Crippen LogP contribution < -0.4 is 15.4 Å². The number of fused-ring (bicyclic) bond motifs is 2. The van der Waals surface area contributed by atoms with Crippen LogP contribution in [0.4, 0.5) is 21.6 Å². The van der Waals surface area contributed by atoms with Crippen LogP contribution in [0, 0.1) is 24.6 Å². The molecule has 0 atom stereocenters. The van der Waals surface area contributed by atoms with Crippen LogP contribution in [0.15, 0.2) is 67.4 Å². The highest BCUT2D eigenvalue weighted by atomic mass is 19.1. The van der Waals surface area contributed by atoms with Gasteiger partial charge in [0.15, 0.2) is 5.82 Å². The summed E-state index contributed by atoms with van der Waals surface area (Å²) in [7, 11) is 0. The highest BCUT2D eigenvalue weighted by molar-refractivity contribution is 6.05. The van der Waals surface area contributed by atoms with Gasteiger partial charge in [0.25, 0.3) is 5.91 Å². The second-order valence-corrected chi connectivity index (χ2v) is 7.62. The van der Waals surface area contributed by atoms with Gasteiger partial charge in [-0.25, -0.2) is 19.3 Å². The first-order valence-corrected chi connectivity index (χ1v) is 10.7. The lowest BCUT2D eigenvalue weighted by Crippen LogP contribution is -2.08. The SMILES string of the molecule is CC#CC(=O)Nc1ccc2ncnc(Nc3ccc(Oc4ccn5ccnc5c4)c(C)c3F)c2c1. The minimum absolute atomic E-state index is 0.227. The van der Waals surface area contributed by atoms with Gasteiger partial charge < -0.3 is 19.8 Å². The van der Waals surface area contributed by atoms with E-state index in [-0.39, 0.29) is 5.69 Å². The number of aromatic nitrogens is 4. The van der Waals surface area contributed by atoms with E-state index in [4.69, 9.17) is 4.74 Å². The second kappa shape index (κ2) is 9.11. The zero-order chi connectivity index (χ0) is 24.4. The molecule has 3 heterocycles. The fourth-order valence-corrected chi connectivity index (χ4v) is 3.59. The van der Waals surface area contributed by atoms with Crippen molar-refractivity contribution < 1.29 is 13.9 Å². The lowest BCUT2D eigenvalue weighted by atomic mass is 10.1. The molecule has 0 radical (unpaired) electrons. The summed E-state index contributed by atoms with van der Waals surface area (Å²) in [5.74, 6) is 5.41. The molecule has 2 aromatic carbocycles. The molecule has 3 aromatic heterocycles. The van der Waals surface area contributed by atoms with Crippen molar-refractivity contribution in [1.82, 2.24) is 19.4 Å². The largest absolute Gasteiger partial charge is 0.457 e. The number of hydrogen-bond donors (Lipinski definition) is 2. The molecule has 0 saturated carbocycles. The van der Waals surface area contributed by atoms with Crippen LogP contribution >= 0.6 is 0 Å². The van der Waals surface area contributed by atoms with E-state index < -0.39 is 11.7 Å². The Morgan fingerprint density at radius 2 is 1.97 bits per heavy atom. The van der Waals surface area contributed by atoms with Gasteiger partial charge in [-0.2, -0.15) is 0 Å². The van der Waals surface area contributed by atoms with Crippen molar-refractivity contribution in [1.29, 1.82) is 0 Å². The standard InChI is InChI=1S/C26H19FN6O2/c1-3-4-24(34)31-17-5-6-20-19(13-17)26(30-15-29-20)32-21-7-8-22(16(2)25(21)27)35-18-9-11-33-12-10-28-23(33)14-18/h5-15H,1-2H3,(H,31,34)(H,29,30,32). The zero-order valence-electron chi connectivity index (χ0n) is 18.8. The number of halogens is 1. The summed E-state index contributed by atoms with van der Waals surface area (Å²) in [4.78, 5) is 24.6. The van der Waals surface area contributed by atoms with Gasteiger partial charge in [0, 0.05) is 41.3 Å². The molecule has 1 amide bonds.